The van der Waals surface area contributed by atoms with Crippen LogP contribution < -0.4 is 9.47 Å². The van der Waals surface area contributed by atoms with E-state index in [-0.39, 0.29) is 12.2 Å². The first-order valence-corrected chi connectivity index (χ1v) is 8.22. The van der Waals surface area contributed by atoms with E-state index in [0.29, 0.717) is 13.2 Å². The first-order chi connectivity index (χ1) is 11.8. The quantitative estimate of drug-likeness (QED) is 0.551. The Balaban J connectivity index is 1.33. The molecule has 2 atom stereocenters. The molecule has 2 aromatic carbocycles. The Hall–Kier alpha value is -2.30. The highest BCUT2D eigenvalue weighted by atomic mass is 16.6. The predicted molar refractivity (Wildman–Crippen MR) is 92.3 cm³/mol. The van der Waals surface area contributed by atoms with E-state index in [1.807, 2.05) is 42.5 Å². The van der Waals surface area contributed by atoms with Crippen LogP contribution in [0.4, 0.5) is 0 Å². The van der Waals surface area contributed by atoms with Crippen LogP contribution in [0, 0.1) is 0 Å². The summed E-state index contributed by atoms with van der Waals surface area (Å²) in [5.41, 5.74) is 2.23. The molecule has 0 aliphatic carbocycles. The first-order valence-electron chi connectivity index (χ1n) is 8.22. The summed E-state index contributed by atoms with van der Waals surface area (Å²) in [7, 11) is 0. The molecule has 24 heavy (non-hydrogen) atoms. The van der Waals surface area contributed by atoms with E-state index >= 15 is 0 Å². The van der Waals surface area contributed by atoms with Crippen molar-refractivity contribution in [1.29, 1.82) is 0 Å². The van der Waals surface area contributed by atoms with Crippen LogP contribution in [0.5, 0.6) is 11.5 Å². The van der Waals surface area contributed by atoms with E-state index < -0.39 is 0 Å². The zero-order chi connectivity index (χ0) is 16.2. The van der Waals surface area contributed by atoms with Gasteiger partial charge in [0.1, 0.15) is 36.9 Å². The normalized spacial score (nSPS) is 21.7. The molecule has 0 saturated carbocycles. The zero-order valence-electron chi connectivity index (χ0n) is 13.4. The molecule has 0 N–H and O–H groups in total. The van der Waals surface area contributed by atoms with Gasteiger partial charge in [-0.15, -0.1) is 0 Å². The molecular weight excluding hydrogens is 304 g/mol. The fraction of sp³-hybridized carbons (Fsp3) is 0.300. The summed E-state index contributed by atoms with van der Waals surface area (Å²) >= 11 is 0. The number of hydrogen-bond acceptors (Lipinski definition) is 4. The Morgan fingerprint density at radius 2 is 1.42 bits per heavy atom. The highest BCUT2D eigenvalue weighted by Crippen LogP contribution is 2.20. The van der Waals surface area contributed by atoms with Gasteiger partial charge in [0.05, 0.1) is 13.2 Å². The highest BCUT2D eigenvalue weighted by molar-refractivity contribution is 5.70. The van der Waals surface area contributed by atoms with Crippen LogP contribution in [0.2, 0.25) is 0 Å². The number of benzene rings is 2. The summed E-state index contributed by atoms with van der Waals surface area (Å²) in [5.74, 6) is 1.75. The molecule has 2 unspecified atom stereocenters. The first kappa shape index (κ1) is 15.2. The molecule has 2 fully saturated rings. The van der Waals surface area contributed by atoms with Crippen LogP contribution in [0.25, 0.3) is 12.2 Å². The third-order valence-electron chi connectivity index (χ3n) is 3.88. The average Bonchev–Trinajstić information content (AvgIpc) is 3.52. The van der Waals surface area contributed by atoms with Gasteiger partial charge in [-0.2, -0.15) is 0 Å². The van der Waals surface area contributed by atoms with Crippen molar-refractivity contribution < 1.29 is 18.9 Å². The number of ether oxygens (including phenoxy) is 4. The predicted octanol–water partition coefficient (Wildman–Crippen LogP) is 3.41. The summed E-state index contributed by atoms with van der Waals surface area (Å²) < 4.78 is 21.6. The monoisotopic (exact) mass is 324 g/mol. The van der Waals surface area contributed by atoms with Crippen LogP contribution in [0.15, 0.2) is 48.5 Å². The number of epoxide rings is 2. The lowest BCUT2D eigenvalue weighted by molar-refractivity contribution is 0.263. The second kappa shape index (κ2) is 7.07. The molecule has 2 heterocycles. The zero-order valence-corrected chi connectivity index (χ0v) is 13.4. The van der Waals surface area contributed by atoms with Crippen LogP contribution in [-0.4, -0.2) is 38.6 Å². The summed E-state index contributed by atoms with van der Waals surface area (Å²) in [4.78, 5) is 0. The van der Waals surface area contributed by atoms with Gasteiger partial charge in [-0.05, 0) is 35.4 Å². The van der Waals surface area contributed by atoms with Crippen molar-refractivity contribution in [2.45, 2.75) is 12.2 Å². The molecule has 4 rings (SSSR count). The number of rotatable bonds is 8. The Kier molecular flexibility index (Phi) is 4.49. The van der Waals surface area contributed by atoms with E-state index in [1.165, 1.54) is 0 Å². The topological polar surface area (TPSA) is 43.5 Å². The SMILES string of the molecule is C(=C\c1cccc(OCC2CO2)c1)/c1ccc(OCC2CO2)cc1. The van der Waals surface area contributed by atoms with Crippen molar-refractivity contribution in [3.8, 4) is 11.5 Å². The summed E-state index contributed by atoms with van der Waals surface area (Å²) in [6.07, 6.45) is 4.72. The van der Waals surface area contributed by atoms with Crippen LogP contribution in [0.3, 0.4) is 0 Å². The molecule has 0 spiro atoms. The molecule has 0 bridgehead atoms. The average molecular weight is 324 g/mol. The van der Waals surface area contributed by atoms with E-state index in [0.717, 1.165) is 35.8 Å². The summed E-state index contributed by atoms with van der Waals surface area (Å²) in [5, 5.41) is 0. The highest BCUT2D eigenvalue weighted by Gasteiger charge is 2.23. The van der Waals surface area contributed by atoms with Crippen molar-refractivity contribution in [2.24, 2.45) is 0 Å². The molecule has 124 valence electrons. The van der Waals surface area contributed by atoms with E-state index in [2.05, 4.69) is 18.2 Å². The smallest absolute Gasteiger partial charge is 0.120 e. The van der Waals surface area contributed by atoms with E-state index in [4.69, 9.17) is 18.9 Å². The van der Waals surface area contributed by atoms with Gasteiger partial charge >= 0.3 is 0 Å². The Morgan fingerprint density at radius 1 is 0.792 bits per heavy atom. The molecule has 0 amide bonds. The van der Waals surface area contributed by atoms with Gasteiger partial charge in [0.2, 0.25) is 0 Å². The standard InChI is InChI=1S/C20H20O4/c1-2-16(10-18(3-1)22-12-20-14-24-20)5-4-15-6-8-17(9-7-15)21-11-19-13-23-19/h1-10,19-20H,11-14H2/b5-4+. The van der Waals surface area contributed by atoms with Gasteiger partial charge in [0.15, 0.2) is 0 Å². The fourth-order valence-corrected chi connectivity index (χ4v) is 2.28. The van der Waals surface area contributed by atoms with Gasteiger partial charge in [-0.3, -0.25) is 0 Å². The lowest BCUT2D eigenvalue weighted by Gasteiger charge is -2.05. The molecule has 0 radical (unpaired) electrons. The van der Waals surface area contributed by atoms with E-state index in [9.17, 15) is 0 Å². The van der Waals surface area contributed by atoms with Crippen molar-refractivity contribution in [3.63, 3.8) is 0 Å². The molecular formula is C20H20O4. The molecule has 0 aromatic heterocycles. The van der Waals surface area contributed by atoms with Gasteiger partial charge in [-0.1, -0.05) is 36.4 Å². The van der Waals surface area contributed by atoms with Crippen molar-refractivity contribution in [3.05, 3.63) is 59.7 Å². The van der Waals surface area contributed by atoms with Crippen molar-refractivity contribution in [1.82, 2.24) is 0 Å². The Labute approximate surface area is 141 Å². The minimum Gasteiger partial charge on any atom is -0.491 e. The molecule has 4 nitrogen and oxygen atoms in total. The Bertz CT molecular complexity index is 700. The second-order valence-electron chi connectivity index (χ2n) is 6.01. The largest absolute Gasteiger partial charge is 0.491 e. The lowest BCUT2D eigenvalue weighted by atomic mass is 10.1. The third kappa shape index (κ3) is 4.60. The van der Waals surface area contributed by atoms with Crippen LogP contribution in [-0.2, 0) is 9.47 Å². The molecule has 2 saturated heterocycles. The maximum Gasteiger partial charge on any atom is 0.120 e. The molecule has 2 aliphatic rings. The molecule has 2 aliphatic heterocycles. The van der Waals surface area contributed by atoms with Crippen molar-refractivity contribution >= 4 is 12.2 Å². The summed E-state index contributed by atoms with van der Waals surface area (Å²) in [6, 6.07) is 16.1. The molecule has 2 aromatic rings. The van der Waals surface area contributed by atoms with Crippen molar-refractivity contribution in [2.75, 3.05) is 26.4 Å². The van der Waals surface area contributed by atoms with E-state index in [1.54, 1.807) is 0 Å². The summed E-state index contributed by atoms with van der Waals surface area (Å²) in [6.45, 7) is 2.89. The Morgan fingerprint density at radius 3 is 2.08 bits per heavy atom. The third-order valence-corrected chi connectivity index (χ3v) is 3.88. The minimum absolute atomic E-state index is 0.274. The molecule has 4 heteroatoms. The van der Waals surface area contributed by atoms with Crippen LogP contribution in [0.1, 0.15) is 11.1 Å². The van der Waals surface area contributed by atoms with Gasteiger partial charge in [0.25, 0.3) is 0 Å². The van der Waals surface area contributed by atoms with Gasteiger partial charge in [-0.25, -0.2) is 0 Å². The number of hydrogen-bond donors (Lipinski definition) is 0. The minimum atomic E-state index is 0.274. The maximum atomic E-state index is 5.70. The van der Waals surface area contributed by atoms with Gasteiger partial charge < -0.3 is 18.9 Å². The van der Waals surface area contributed by atoms with Crippen LogP contribution >= 0.6 is 0 Å². The second-order valence-corrected chi connectivity index (χ2v) is 6.01. The lowest BCUT2D eigenvalue weighted by Crippen LogP contribution is -2.03. The fourth-order valence-electron chi connectivity index (χ4n) is 2.28. The van der Waals surface area contributed by atoms with Gasteiger partial charge in [0, 0.05) is 0 Å². The maximum absolute atomic E-state index is 5.70.